The summed E-state index contributed by atoms with van der Waals surface area (Å²) in [6.07, 6.45) is 1.21. The molecule has 6 nitrogen and oxygen atoms in total. The van der Waals surface area contributed by atoms with Gasteiger partial charge in [0.05, 0.1) is 16.8 Å². The Morgan fingerprint density at radius 1 is 1.06 bits per heavy atom. The molecular formula is C26H22N2O4. The Morgan fingerprint density at radius 3 is 2.56 bits per heavy atom. The van der Waals surface area contributed by atoms with Crippen LogP contribution in [0.25, 0.3) is 22.0 Å². The standard InChI is InChI=1S/C26H22N2O4/c1-26(2,3)32-25(31)28-14-13-19-15-20(10-12-23(19)28)27-22-16-18(9-11-21(22)24(29)30)17-7-5-4-6-8-17/h4-5,7,9-16,27H,1-3H3,(H,29,30). The number of nitrogens with zero attached hydrogens (tertiary/aromatic N) is 1. The molecule has 160 valence electrons. The van der Waals surface area contributed by atoms with E-state index in [2.05, 4.69) is 17.4 Å². The lowest BCUT2D eigenvalue weighted by molar-refractivity contribution is 0.0543. The summed E-state index contributed by atoms with van der Waals surface area (Å²) in [7, 11) is 0. The van der Waals surface area contributed by atoms with Crippen molar-refractivity contribution in [2.24, 2.45) is 0 Å². The number of rotatable bonds is 4. The highest BCUT2D eigenvalue weighted by Gasteiger charge is 2.19. The average Bonchev–Trinajstić information content (AvgIpc) is 3.16. The van der Waals surface area contributed by atoms with Gasteiger partial charge in [0, 0.05) is 22.8 Å². The lowest BCUT2D eigenvalue weighted by Crippen LogP contribution is -2.26. The molecule has 0 fully saturated rings. The van der Waals surface area contributed by atoms with Crippen LogP contribution in [0, 0.1) is 12.1 Å². The van der Waals surface area contributed by atoms with E-state index in [1.54, 1.807) is 42.6 Å². The van der Waals surface area contributed by atoms with Gasteiger partial charge >= 0.3 is 12.1 Å². The number of carboxylic acids is 1. The highest BCUT2D eigenvalue weighted by Crippen LogP contribution is 2.29. The maximum absolute atomic E-state index is 12.5. The zero-order valence-electron chi connectivity index (χ0n) is 18.0. The molecule has 4 rings (SSSR count). The molecule has 0 atom stereocenters. The molecule has 1 aromatic heterocycles. The maximum Gasteiger partial charge on any atom is 0.418 e. The summed E-state index contributed by atoms with van der Waals surface area (Å²) in [6, 6.07) is 23.8. The first-order valence-corrected chi connectivity index (χ1v) is 10.1. The van der Waals surface area contributed by atoms with Crippen molar-refractivity contribution in [3.8, 4) is 11.1 Å². The number of carbonyl (C=O) groups excluding carboxylic acids is 1. The minimum absolute atomic E-state index is 0.153. The van der Waals surface area contributed by atoms with Gasteiger partial charge in [0.25, 0.3) is 0 Å². The first kappa shape index (κ1) is 21.0. The van der Waals surface area contributed by atoms with Gasteiger partial charge in [0.15, 0.2) is 0 Å². The van der Waals surface area contributed by atoms with E-state index in [9.17, 15) is 14.7 Å². The maximum atomic E-state index is 12.5. The SMILES string of the molecule is CC(C)(C)OC(=O)n1ccc2cc(Nc3cc(-c4c#cccc4)ccc3C(=O)O)ccc21. The number of anilines is 2. The largest absolute Gasteiger partial charge is 0.478 e. The molecule has 32 heavy (non-hydrogen) atoms. The summed E-state index contributed by atoms with van der Waals surface area (Å²) >= 11 is 0. The number of carboxylic acid groups (broad SMARTS) is 1. The minimum atomic E-state index is -1.03. The molecule has 0 aliphatic rings. The number of aromatic carboxylic acids is 1. The average molecular weight is 426 g/mol. The third-order valence-corrected chi connectivity index (χ3v) is 4.77. The molecule has 0 bridgehead atoms. The van der Waals surface area contributed by atoms with Gasteiger partial charge in [-0.05, 0) is 74.9 Å². The van der Waals surface area contributed by atoms with Gasteiger partial charge in [-0.3, -0.25) is 4.57 Å². The van der Waals surface area contributed by atoms with E-state index in [1.807, 2.05) is 45.0 Å². The number of aromatic nitrogens is 1. The molecule has 0 aliphatic heterocycles. The van der Waals surface area contributed by atoms with Crippen molar-refractivity contribution >= 4 is 34.3 Å². The Bertz CT molecular complexity index is 1300. The van der Waals surface area contributed by atoms with Crippen LogP contribution in [-0.2, 0) is 4.74 Å². The van der Waals surface area contributed by atoms with E-state index >= 15 is 0 Å². The van der Waals surface area contributed by atoms with E-state index in [0.29, 0.717) is 16.9 Å². The normalized spacial score (nSPS) is 11.1. The fourth-order valence-corrected chi connectivity index (χ4v) is 3.37. The summed E-state index contributed by atoms with van der Waals surface area (Å²) in [5, 5.41) is 13.6. The predicted octanol–water partition coefficient (Wildman–Crippen LogP) is 6.13. The number of hydrogen-bond donors (Lipinski definition) is 2. The number of carbonyl (C=O) groups is 2. The Hall–Kier alpha value is -4.24. The minimum Gasteiger partial charge on any atom is -0.478 e. The second kappa shape index (κ2) is 8.12. The molecule has 4 aromatic rings. The van der Waals surface area contributed by atoms with E-state index in [1.165, 1.54) is 4.57 Å². The van der Waals surface area contributed by atoms with Crippen LogP contribution in [0.4, 0.5) is 16.2 Å². The van der Waals surface area contributed by atoms with Crippen LogP contribution in [0.3, 0.4) is 0 Å². The number of hydrogen-bond acceptors (Lipinski definition) is 4. The quantitative estimate of drug-likeness (QED) is 0.410. The summed E-state index contributed by atoms with van der Waals surface area (Å²) in [4.78, 5) is 24.2. The Labute approximate surface area is 186 Å². The van der Waals surface area contributed by atoms with Crippen LogP contribution >= 0.6 is 0 Å². The Morgan fingerprint density at radius 2 is 1.88 bits per heavy atom. The van der Waals surface area contributed by atoms with Gasteiger partial charge in [0.1, 0.15) is 5.60 Å². The van der Waals surface area contributed by atoms with Gasteiger partial charge in [0.2, 0.25) is 0 Å². The predicted molar refractivity (Wildman–Crippen MR) is 123 cm³/mol. The second-order valence-corrected chi connectivity index (χ2v) is 8.34. The van der Waals surface area contributed by atoms with Crippen molar-refractivity contribution in [3.05, 3.63) is 84.6 Å². The van der Waals surface area contributed by atoms with Gasteiger partial charge in [-0.15, -0.1) is 0 Å². The number of ether oxygens (including phenoxy) is 1. The first-order valence-electron chi connectivity index (χ1n) is 10.1. The first-order chi connectivity index (χ1) is 15.2. The van der Waals surface area contributed by atoms with Crippen molar-refractivity contribution in [2.45, 2.75) is 26.4 Å². The van der Waals surface area contributed by atoms with E-state index < -0.39 is 17.7 Å². The Kier molecular flexibility index (Phi) is 5.33. The highest BCUT2D eigenvalue weighted by atomic mass is 16.6. The van der Waals surface area contributed by atoms with Crippen LogP contribution in [0.1, 0.15) is 31.1 Å². The van der Waals surface area contributed by atoms with Crippen LogP contribution < -0.4 is 5.32 Å². The second-order valence-electron chi connectivity index (χ2n) is 8.34. The molecule has 2 N–H and O–H groups in total. The molecule has 0 saturated heterocycles. The Balaban J connectivity index is 1.67. The van der Waals surface area contributed by atoms with Gasteiger partial charge in [-0.2, -0.15) is 0 Å². The fraction of sp³-hybridized carbons (Fsp3) is 0.154. The van der Waals surface area contributed by atoms with Crippen molar-refractivity contribution in [3.63, 3.8) is 0 Å². The van der Waals surface area contributed by atoms with Crippen molar-refractivity contribution in [1.29, 1.82) is 0 Å². The topological polar surface area (TPSA) is 80.6 Å². The van der Waals surface area contributed by atoms with Crippen LogP contribution in [0.2, 0.25) is 0 Å². The molecule has 3 aromatic carbocycles. The zero-order valence-corrected chi connectivity index (χ0v) is 18.0. The molecule has 0 saturated carbocycles. The van der Waals surface area contributed by atoms with Gasteiger partial charge in [-0.25, -0.2) is 9.59 Å². The van der Waals surface area contributed by atoms with Gasteiger partial charge < -0.3 is 15.2 Å². The summed E-state index contributed by atoms with van der Waals surface area (Å²) in [5.74, 6) is -1.03. The third-order valence-electron chi connectivity index (χ3n) is 4.77. The number of fused-ring (bicyclic) bond motifs is 1. The highest BCUT2D eigenvalue weighted by molar-refractivity contribution is 5.97. The number of nitrogens with one attached hydrogen (secondary N) is 1. The summed E-state index contributed by atoms with van der Waals surface area (Å²) in [6.45, 7) is 5.45. The molecule has 1 heterocycles. The van der Waals surface area contributed by atoms with Crippen LogP contribution in [0.15, 0.2) is 66.9 Å². The monoisotopic (exact) mass is 426 g/mol. The molecule has 0 aliphatic carbocycles. The van der Waals surface area contributed by atoms with Crippen LogP contribution in [-0.4, -0.2) is 27.3 Å². The van der Waals surface area contributed by atoms with E-state index in [4.69, 9.17) is 4.74 Å². The van der Waals surface area contributed by atoms with E-state index in [-0.39, 0.29) is 5.56 Å². The molecule has 6 heteroatoms. The lowest BCUT2D eigenvalue weighted by atomic mass is 10.0. The van der Waals surface area contributed by atoms with Crippen molar-refractivity contribution < 1.29 is 19.4 Å². The summed E-state index contributed by atoms with van der Waals surface area (Å²) in [5.41, 5.74) is 3.05. The van der Waals surface area contributed by atoms with Crippen LogP contribution in [0.5, 0.6) is 0 Å². The smallest absolute Gasteiger partial charge is 0.418 e. The van der Waals surface area contributed by atoms with Crippen molar-refractivity contribution in [1.82, 2.24) is 4.57 Å². The summed E-state index contributed by atoms with van der Waals surface area (Å²) < 4.78 is 6.90. The van der Waals surface area contributed by atoms with Gasteiger partial charge in [-0.1, -0.05) is 24.3 Å². The zero-order chi connectivity index (χ0) is 22.9. The molecule has 0 radical (unpaired) electrons. The molecule has 0 spiro atoms. The number of benzene rings is 2. The van der Waals surface area contributed by atoms with Crippen molar-refractivity contribution in [2.75, 3.05) is 5.32 Å². The lowest BCUT2D eigenvalue weighted by Gasteiger charge is -2.19. The molecule has 0 unspecified atom stereocenters. The fourth-order valence-electron chi connectivity index (χ4n) is 3.37. The van der Waals surface area contributed by atoms with E-state index in [0.717, 1.165) is 16.5 Å². The molecule has 0 amide bonds. The third kappa shape index (κ3) is 4.42. The molecular weight excluding hydrogens is 404 g/mol.